The van der Waals surface area contributed by atoms with Gasteiger partial charge in [-0.2, -0.15) is 4.31 Å². The quantitative estimate of drug-likeness (QED) is 0.752. The third-order valence-corrected chi connectivity index (χ3v) is 7.66. The van der Waals surface area contributed by atoms with E-state index in [9.17, 15) is 16.8 Å². The van der Waals surface area contributed by atoms with Crippen molar-refractivity contribution in [2.24, 2.45) is 0 Å². The standard InChI is InChI=1S/C14H21N3O4S2/c1-17(12-7-8-15-10-12)23(20,21)14-4-2-3-13(9-14)22(18,19)16-11-5-6-11/h2-4,9,11-12,15-16H,5-8,10H2,1H3. The molecule has 1 aliphatic carbocycles. The van der Waals surface area contributed by atoms with Gasteiger partial charge in [0.2, 0.25) is 20.0 Å². The van der Waals surface area contributed by atoms with E-state index in [1.165, 1.54) is 35.6 Å². The van der Waals surface area contributed by atoms with Gasteiger partial charge in [-0.25, -0.2) is 21.6 Å². The van der Waals surface area contributed by atoms with Crippen molar-refractivity contribution in [3.8, 4) is 0 Å². The van der Waals surface area contributed by atoms with E-state index in [1.54, 1.807) is 0 Å². The van der Waals surface area contributed by atoms with E-state index in [0.717, 1.165) is 25.8 Å². The van der Waals surface area contributed by atoms with Crippen LogP contribution in [0.1, 0.15) is 19.3 Å². The Kier molecular flexibility index (Phi) is 4.49. The Morgan fingerprint density at radius 3 is 2.43 bits per heavy atom. The maximum Gasteiger partial charge on any atom is 0.243 e. The van der Waals surface area contributed by atoms with Crippen LogP contribution in [0.25, 0.3) is 0 Å². The number of likely N-dealkylation sites (N-methyl/N-ethyl adjacent to an activating group) is 1. The average molecular weight is 359 g/mol. The van der Waals surface area contributed by atoms with E-state index in [0.29, 0.717) is 6.54 Å². The van der Waals surface area contributed by atoms with E-state index in [-0.39, 0.29) is 21.9 Å². The van der Waals surface area contributed by atoms with Crippen LogP contribution in [0.5, 0.6) is 0 Å². The summed E-state index contributed by atoms with van der Waals surface area (Å²) in [4.78, 5) is -0.00556. The van der Waals surface area contributed by atoms with Crippen LogP contribution >= 0.6 is 0 Å². The summed E-state index contributed by atoms with van der Waals surface area (Å²) in [6.07, 6.45) is 2.40. The zero-order valence-corrected chi connectivity index (χ0v) is 14.5. The van der Waals surface area contributed by atoms with Crippen LogP contribution in [0.15, 0.2) is 34.1 Å². The van der Waals surface area contributed by atoms with Crippen molar-refractivity contribution in [3.05, 3.63) is 24.3 Å². The minimum atomic E-state index is -3.72. The van der Waals surface area contributed by atoms with Crippen molar-refractivity contribution >= 4 is 20.0 Å². The predicted molar refractivity (Wildman–Crippen MR) is 86.0 cm³/mol. The van der Waals surface area contributed by atoms with Gasteiger partial charge in [0.25, 0.3) is 0 Å². The van der Waals surface area contributed by atoms with Gasteiger partial charge in [-0.15, -0.1) is 0 Å². The van der Waals surface area contributed by atoms with Gasteiger partial charge in [0.15, 0.2) is 0 Å². The predicted octanol–water partition coefficient (Wildman–Crippen LogP) is 0.110. The van der Waals surface area contributed by atoms with Gasteiger partial charge in [-0.3, -0.25) is 0 Å². The molecular weight excluding hydrogens is 338 g/mol. The van der Waals surface area contributed by atoms with Crippen LogP contribution in [0.4, 0.5) is 0 Å². The fraction of sp³-hybridized carbons (Fsp3) is 0.571. The molecule has 0 aromatic heterocycles. The molecule has 1 saturated carbocycles. The van der Waals surface area contributed by atoms with Gasteiger partial charge >= 0.3 is 0 Å². The summed E-state index contributed by atoms with van der Waals surface area (Å²) in [6, 6.07) is 5.43. The normalized spacial score (nSPS) is 22.6. The number of hydrogen-bond acceptors (Lipinski definition) is 5. The number of rotatable bonds is 6. The summed E-state index contributed by atoms with van der Waals surface area (Å²) >= 11 is 0. The molecule has 2 fully saturated rings. The first kappa shape index (κ1) is 16.8. The van der Waals surface area contributed by atoms with Gasteiger partial charge in [-0.05, 0) is 44.0 Å². The molecule has 7 nitrogen and oxygen atoms in total. The highest BCUT2D eigenvalue weighted by molar-refractivity contribution is 7.90. The molecule has 0 bridgehead atoms. The number of benzene rings is 1. The number of nitrogens with one attached hydrogen (secondary N) is 2. The van der Waals surface area contributed by atoms with Gasteiger partial charge in [0.1, 0.15) is 0 Å². The highest BCUT2D eigenvalue weighted by Crippen LogP contribution is 2.25. The van der Waals surface area contributed by atoms with Crippen molar-refractivity contribution in [1.29, 1.82) is 0 Å². The Morgan fingerprint density at radius 1 is 1.13 bits per heavy atom. The van der Waals surface area contributed by atoms with Crippen LogP contribution < -0.4 is 10.0 Å². The summed E-state index contributed by atoms with van der Waals surface area (Å²) < 4.78 is 53.8. The van der Waals surface area contributed by atoms with E-state index < -0.39 is 20.0 Å². The summed E-state index contributed by atoms with van der Waals surface area (Å²) in [5, 5.41) is 3.13. The molecule has 0 spiro atoms. The minimum absolute atomic E-state index is 0.00516. The Labute approximate surface area is 137 Å². The lowest BCUT2D eigenvalue weighted by atomic mass is 10.3. The minimum Gasteiger partial charge on any atom is -0.315 e. The monoisotopic (exact) mass is 359 g/mol. The van der Waals surface area contributed by atoms with E-state index in [2.05, 4.69) is 10.0 Å². The Balaban J connectivity index is 1.89. The van der Waals surface area contributed by atoms with Gasteiger partial charge in [-0.1, -0.05) is 6.07 Å². The zero-order valence-electron chi connectivity index (χ0n) is 12.9. The van der Waals surface area contributed by atoms with Gasteiger partial charge < -0.3 is 5.32 Å². The Bertz CT molecular complexity index is 782. The molecule has 0 radical (unpaired) electrons. The summed E-state index contributed by atoms with van der Waals surface area (Å²) in [5.74, 6) is 0. The van der Waals surface area contributed by atoms with Crippen molar-refractivity contribution in [3.63, 3.8) is 0 Å². The molecule has 1 heterocycles. The second kappa shape index (κ2) is 6.14. The molecule has 0 amide bonds. The van der Waals surface area contributed by atoms with E-state index in [1.807, 2.05) is 0 Å². The first-order valence-electron chi connectivity index (χ1n) is 7.62. The molecule has 1 saturated heterocycles. The maximum absolute atomic E-state index is 12.7. The third kappa shape index (κ3) is 3.58. The zero-order chi connectivity index (χ0) is 16.7. The molecule has 1 atom stereocenters. The average Bonchev–Trinajstić information content (AvgIpc) is 3.15. The Morgan fingerprint density at radius 2 is 1.83 bits per heavy atom. The maximum atomic E-state index is 12.7. The van der Waals surface area contributed by atoms with Crippen molar-refractivity contribution in [2.45, 2.75) is 41.1 Å². The molecule has 23 heavy (non-hydrogen) atoms. The molecule has 9 heteroatoms. The second-order valence-corrected chi connectivity index (χ2v) is 9.75. The Hall–Kier alpha value is -1.00. The molecule has 3 rings (SSSR count). The first-order chi connectivity index (χ1) is 10.8. The van der Waals surface area contributed by atoms with Crippen LogP contribution in [0.2, 0.25) is 0 Å². The largest absolute Gasteiger partial charge is 0.315 e. The van der Waals surface area contributed by atoms with Crippen LogP contribution in [-0.4, -0.2) is 53.4 Å². The van der Waals surface area contributed by atoms with E-state index >= 15 is 0 Å². The SMILES string of the molecule is CN(C1CCNC1)S(=O)(=O)c1cccc(S(=O)(=O)NC2CC2)c1. The van der Waals surface area contributed by atoms with Crippen LogP contribution in [0.3, 0.4) is 0 Å². The molecule has 1 aromatic rings. The lowest BCUT2D eigenvalue weighted by Gasteiger charge is -2.23. The fourth-order valence-electron chi connectivity index (χ4n) is 2.60. The summed E-state index contributed by atoms with van der Waals surface area (Å²) in [6.45, 7) is 1.39. The molecular formula is C14H21N3O4S2. The highest BCUT2D eigenvalue weighted by atomic mass is 32.2. The first-order valence-corrected chi connectivity index (χ1v) is 10.5. The number of nitrogens with zero attached hydrogens (tertiary/aromatic N) is 1. The highest BCUT2D eigenvalue weighted by Gasteiger charge is 2.32. The van der Waals surface area contributed by atoms with Crippen molar-refractivity contribution in [1.82, 2.24) is 14.3 Å². The van der Waals surface area contributed by atoms with Gasteiger partial charge in [0.05, 0.1) is 9.79 Å². The lowest BCUT2D eigenvalue weighted by molar-refractivity contribution is 0.387. The van der Waals surface area contributed by atoms with Crippen molar-refractivity contribution in [2.75, 3.05) is 20.1 Å². The van der Waals surface area contributed by atoms with Gasteiger partial charge in [0, 0.05) is 25.7 Å². The van der Waals surface area contributed by atoms with Crippen molar-refractivity contribution < 1.29 is 16.8 Å². The number of sulfonamides is 2. The lowest BCUT2D eigenvalue weighted by Crippen LogP contribution is -2.38. The number of hydrogen-bond donors (Lipinski definition) is 2. The topological polar surface area (TPSA) is 95.6 Å². The van der Waals surface area contributed by atoms with Crippen LogP contribution in [0, 0.1) is 0 Å². The summed E-state index contributed by atoms with van der Waals surface area (Å²) in [5.41, 5.74) is 0. The molecule has 1 aromatic carbocycles. The molecule has 2 N–H and O–H groups in total. The molecule has 1 unspecified atom stereocenters. The fourth-order valence-corrected chi connectivity index (χ4v) is 5.46. The molecule has 1 aliphatic heterocycles. The van der Waals surface area contributed by atoms with Crippen LogP contribution in [-0.2, 0) is 20.0 Å². The smallest absolute Gasteiger partial charge is 0.243 e. The third-order valence-electron chi connectivity index (χ3n) is 4.24. The summed E-state index contributed by atoms with van der Waals surface area (Å²) in [7, 11) is -5.85. The molecule has 128 valence electrons. The van der Waals surface area contributed by atoms with E-state index in [4.69, 9.17) is 0 Å². The molecule has 2 aliphatic rings. The second-order valence-electron chi connectivity index (χ2n) is 6.04.